The van der Waals surface area contributed by atoms with Crippen LogP contribution in [0.2, 0.25) is 0 Å². The molecule has 22 heavy (non-hydrogen) atoms. The average Bonchev–Trinajstić information content (AvgIpc) is 2.44. The Bertz CT molecular complexity index is 296. The van der Waals surface area contributed by atoms with Crippen molar-refractivity contribution < 1.29 is 14.3 Å². The van der Waals surface area contributed by atoms with Gasteiger partial charge in [-0.3, -0.25) is 4.79 Å². The molecule has 0 spiro atoms. The number of esters is 2. The molecule has 0 unspecified atom stereocenters. The fraction of sp³-hybridized carbons (Fsp3) is 0.882. The molecule has 0 saturated carbocycles. The Morgan fingerprint density at radius 3 is 1.82 bits per heavy atom. The van der Waals surface area contributed by atoms with Crippen LogP contribution in [0, 0.1) is 5.92 Å². The van der Waals surface area contributed by atoms with Crippen molar-refractivity contribution in [1.82, 2.24) is 0 Å². The molecule has 2 N–H and O–H groups in total. The molecule has 5 heteroatoms. The minimum atomic E-state index is -0.711. The number of carbonyl (C=O) groups is 2. The van der Waals surface area contributed by atoms with Crippen LogP contribution in [0.4, 0.5) is 0 Å². The van der Waals surface area contributed by atoms with Gasteiger partial charge in [0.2, 0.25) is 0 Å². The van der Waals surface area contributed by atoms with Gasteiger partial charge in [-0.2, -0.15) is 0 Å². The van der Waals surface area contributed by atoms with Crippen LogP contribution in [0.1, 0.15) is 85.0 Å². The normalized spacial score (nSPS) is 11.9. The summed E-state index contributed by atoms with van der Waals surface area (Å²) in [6.45, 7) is 5.88. The summed E-state index contributed by atoms with van der Waals surface area (Å²) in [5.74, 6) is -1.07. The van der Waals surface area contributed by atoms with Gasteiger partial charge >= 0.3 is 63.3 Å². The van der Waals surface area contributed by atoms with Crippen molar-refractivity contribution in [2.24, 2.45) is 11.7 Å². The van der Waals surface area contributed by atoms with Gasteiger partial charge in [0.05, 0.1) is 0 Å². The van der Waals surface area contributed by atoms with Crippen molar-refractivity contribution in [3.8, 4) is 0 Å². The van der Waals surface area contributed by atoms with Gasteiger partial charge in [0.15, 0.2) is 0 Å². The molecule has 0 fully saturated rings. The van der Waals surface area contributed by atoms with Gasteiger partial charge in [-0.05, 0) is 12.3 Å². The van der Waals surface area contributed by atoms with E-state index in [-0.39, 0.29) is 57.3 Å². The second-order valence-corrected chi connectivity index (χ2v) is 6.14. The monoisotopic (exact) mass is 339 g/mol. The number of carbonyl (C=O) groups excluding carboxylic acids is 2. The molecule has 1 atom stereocenters. The zero-order valence-electron chi connectivity index (χ0n) is 14.0. The first-order valence-electron chi connectivity index (χ1n) is 8.49. The third-order valence-electron chi connectivity index (χ3n) is 3.69. The van der Waals surface area contributed by atoms with Crippen molar-refractivity contribution in [3.63, 3.8) is 0 Å². The summed E-state index contributed by atoms with van der Waals surface area (Å²) in [6, 6.07) is -0.711. The summed E-state index contributed by atoms with van der Waals surface area (Å²) < 4.78 is 4.74. The van der Waals surface area contributed by atoms with Gasteiger partial charge < -0.3 is 10.5 Å². The fourth-order valence-corrected chi connectivity index (χ4v) is 2.08. The molecule has 0 aliphatic carbocycles. The molecular formula is C17H34KNO3. The van der Waals surface area contributed by atoms with Crippen molar-refractivity contribution in [2.45, 2.75) is 91.0 Å². The van der Waals surface area contributed by atoms with Crippen LogP contribution in [-0.4, -0.2) is 69.4 Å². The molecule has 4 nitrogen and oxygen atoms in total. The summed E-state index contributed by atoms with van der Waals surface area (Å²) in [6.07, 6.45) is 11.1. The van der Waals surface area contributed by atoms with Gasteiger partial charge in [0.1, 0.15) is 6.04 Å². The van der Waals surface area contributed by atoms with Crippen molar-refractivity contribution in [3.05, 3.63) is 0 Å². The van der Waals surface area contributed by atoms with E-state index in [2.05, 4.69) is 6.92 Å². The van der Waals surface area contributed by atoms with E-state index >= 15 is 0 Å². The van der Waals surface area contributed by atoms with E-state index in [4.69, 9.17) is 10.5 Å². The van der Waals surface area contributed by atoms with Gasteiger partial charge in [0, 0.05) is 6.42 Å². The summed E-state index contributed by atoms with van der Waals surface area (Å²) >= 11 is 0. The van der Waals surface area contributed by atoms with E-state index in [9.17, 15) is 9.59 Å². The van der Waals surface area contributed by atoms with Gasteiger partial charge in [-0.25, -0.2) is 4.79 Å². The molecular weight excluding hydrogens is 305 g/mol. The standard InChI is InChI=1S/C17H33NO3.K.H/c1-4-5-6-7-8-9-10-11-12-13-15(19)21-17(20)16(18)14(2)3;;/h14,16H,4-13,18H2,1-3H3;;/t16-;;/m0../s1. The van der Waals surface area contributed by atoms with E-state index in [0.29, 0.717) is 6.42 Å². The van der Waals surface area contributed by atoms with Gasteiger partial charge in [-0.15, -0.1) is 0 Å². The molecule has 0 amide bonds. The SMILES string of the molecule is CCCCCCCCCCCC(=O)OC(=O)[C@@H](N)C(C)C.[KH]. The minimum absolute atomic E-state index is 0. The summed E-state index contributed by atoms with van der Waals surface area (Å²) in [4.78, 5) is 23.0. The van der Waals surface area contributed by atoms with Crippen molar-refractivity contribution in [1.29, 1.82) is 0 Å². The van der Waals surface area contributed by atoms with Gasteiger partial charge in [-0.1, -0.05) is 72.1 Å². The molecule has 0 radical (unpaired) electrons. The predicted molar refractivity (Wildman–Crippen MR) is 92.9 cm³/mol. The third kappa shape index (κ3) is 14.3. The Labute approximate surface area is 178 Å². The van der Waals surface area contributed by atoms with E-state index in [1.54, 1.807) is 0 Å². The number of ether oxygens (including phenoxy) is 1. The Balaban J connectivity index is 0. The van der Waals surface area contributed by atoms with E-state index in [1.807, 2.05) is 13.8 Å². The average molecular weight is 340 g/mol. The van der Waals surface area contributed by atoms with Crippen LogP contribution in [0.15, 0.2) is 0 Å². The van der Waals surface area contributed by atoms with Crippen LogP contribution in [-0.2, 0) is 14.3 Å². The molecule has 126 valence electrons. The topological polar surface area (TPSA) is 69.4 Å². The number of hydrogen-bond acceptors (Lipinski definition) is 4. The number of rotatable bonds is 12. The van der Waals surface area contributed by atoms with Crippen LogP contribution in [0.3, 0.4) is 0 Å². The van der Waals surface area contributed by atoms with Gasteiger partial charge in [0.25, 0.3) is 0 Å². The van der Waals surface area contributed by atoms with E-state index in [1.165, 1.54) is 38.5 Å². The maximum absolute atomic E-state index is 11.5. The Hall–Kier alpha value is 0.736. The first kappa shape index (κ1) is 25.0. The molecule has 0 heterocycles. The van der Waals surface area contributed by atoms with Crippen molar-refractivity contribution in [2.75, 3.05) is 0 Å². The maximum atomic E-state index is 11.5. The quantitative estimate of drug-likeness (QED) is 0.256. The molecule has 0 aromatic heterocycles. The van der Waals surface area contributed by atoms with E-state index in [0.717, 1.165) is 19.3 Å². The molecule has 0 rings (SSSR count). The number of nitrogens with two attached hydrogens (primary N) is 1. The summed E-state index contributed by atoms with van der Waals surface area (Å²) in [5, 5.41) is 0. The fourth-order valence-electron chi connectivity index (χ4n) is 2.08. The van der Waals surface area contributed by atoms with E-state index < -0.39 is 18.0 Å². The molecule has 0 bridgehead atoms. The summed E-state index contributed by atoms with van der Waals surface area (Å²) in [5.41, 5.74) is 5.63. The number of hydrogen-bond donors (Lipinski definition) is 1. The van der Waals surface area contributed by atoms with Crippen LogP contribution < -0.4 is 5.73 Å². The van der Waals surface area contributed by atoms with Crippen LogP contribution in [0.25, 0.3) is 0 Å². The zero-order chi connectivity index (χ0) is 16.1. The molecule has 0 aromatic carbocycles. The Morgan fingerprint density at radius 2 is 1.36 bits per heavy atom. The zero-order valence-corrected chi connectivity index (χ0v) is 14.0. The molecule has 0 aromatic rings. The second-order valence-electron chi connectivity index (χ2n) is 6.14. The molecule has 0 saturated heterocycles. The Morgan fingerprint density at radius 1 is 0.909 bits per heavy atom. The first-order valence-corrected chi connectivity index (χ1v) is 8.49. The first-order chi connectivity index (χ1) is 9.99. The van der Waals surface area contributed by atoms with Crippen LogP contribution >= 0.6 is 0 Å². The van der Waals surface area contributed by atoms with Crippen LogP contribution in [0.5, 0.6) is 0 Å². The second kappa shape index (κ2) is 16.6. The Kier molecular flexibility index (Phi) is 18.8. The molecule has 0 aliphatic heterocycles. The summed E-state index contributed by atoms with van der Waals surface area (Å²) in [7, 11) is 0. The predicted octanol–water partition coefficient (Wildman–Crippen LogP) is 3.31. The third-order valence-corrected chi connectivity index (χ3v) is 3.69. The molecule has 0 aliphatic rings. The number of unbranched alkanes of at least 4 members (excludes halogenated alkanes) is 8. The van der Waals surface area contributed by atoms with Crippen molar-refractivity contribution >= 4 is 63.3 Å².